The highest BCUT2D eigenvalue weighted by Gasteiger charge is 2.11. The second-order valence-electron chi connectivity index (χ2n) is 4.98. The first-order valence-electron chi connectivity index (χ1n) is 7.31. The van der Waals surface area contributed by atoms with E-state index in [2.05, 4.69) is 10.6 Å². The van der Waals surface area contributed by atoms with Crippen molar-refractivity contribution in [3.63, 3.8) is 0 Å². The molecule has 21 heavy (non-hydrogen) atoms. The number of aliphatic hydroxyl groups excluding tert-OH is 1. The molecule has 0 saturated carbocycles. The lowest BCUT2D eigenvalue weighted by molar-refractivity contribution is -0.122. The van der Waals surface area contributed by atoms with Gasteiger partial charge in [0.15, 0.2) is 0 Å². The predicted octanol–water partition coefficient (Wildman–Crippen LogP) is 1.45. The normalized spacial score (nSPS) is 11.8. The third kappa shape index (κ3) is 6.40. The van der Waals surface area contributed by atoms with Crippen LogP contribution in [0.2, 0.25) is 0 Å². The second kappa shape index (κ2) is 9.13. The van der Waals surface area contributed by atoms with E-state index in [1.807, 2.05) is 38.1 Å². The van der Waals surface area contributed by atoms with Gasteiger partial charge in [-0.3, -0.25) is 9.59 Å². The van der Waals surface area contributed by atoms with Gasteiger partial charge in [0.1, 0.15) is 0 Å². The average molecular weight is 292 g/mol. The summed E-state index contributed by atoms with van der Waals surface area (Å²) in [4.78, 5) is 22.9. The maximum atomic E-state index is 11.6. The highest BCUT2D eigenvalue weighted by Crippen LogP contribution is 2.16. The molecule has 0 fully saturated rings. The minimum Gasteiger partial charge on any atom is -0.387 e. The summed E-state index contributed by atoms with van der Waals surface area (Å²) in [6.45, 7) is 4.57. The first-order chi connectivity index (χ1) is 10.0. The van der Waals surface area contributed by atoms with Crippen molar-refractivity contribution in [1.82, 2.24) is 10.6 Å². The monoisotopic (exact) mass is 292 g/mol. The van der Waals surface area contributed by atoms with Crippen LogP contribution in [0.3, 0.4) is 0 Å². The molecule has 5 nitrogen and oxygen atoms in total. The quantitative estimate of drug-likeness (QED) is 0.678. The number of aliphatic hydroxyl groups is 1. The Bertz CT molecular complexity index is 474. The topological polar surface area (TPSA) is 78.4 Å². The molecular formula is C16H24N2O3. The van der Waals surface area contributed by atoms with Crippen molar-refractivity contribution < 1.29 is 14.7 Å². The Morgan fingerprint density at radius 3 is 2.38 bits per heavy atom. The molecule has 3 N–H and O–H groups in total. The summed E-state index contributed by atoms with van der Waals surface area (Å²) in [5, 5.41) is 15.4. The largest absolute Gasteiger partial charge is 0.387 e. The lowest BCUT2D eigenvalue weighted by atomic mass is 10.0. The zero-order valence-electron chi connectivity index (χ0n) is 12.7. The molecule has 2 amide bonds. The molecule has 1 rings (SSSR count). The van der Waals surface area contributed by atoms with Crippen LogP contribution in [-0.2, 0) is 9.59 Å². The Kier molecular flexibility index (Phi) is 7.46. The van der Waals surface area contributed by atoms with Crippen LogP contribution in [0.4, 0.5) is 0 Å². The average Bonchev–Trinajstić information content (AvgIpc) is 2.45. The Labute approximate surface area is 125 Å². The molecule has 0 heterocycles. The molecule has 0 spiro atoms. The van der Waals surface area contributed by atoms with E-state index in [9.17, 15) is 14.7 Å². The molecule has 0 saturated heterocycles. The van der Waals surface area contributed by atoms with Gasteiger partial charge >= 0.3 is 0 Å². The summed E-state index contributed by atoms with van der Waals surface area (Å²) in [6.07, 6.45) is 0.440. The van der Waals surface area contributed by atoms with Gasteiger partial charge in [0.2, 0.25) is 11.8 Å². The van der Waals surface area contributed by atoms with Gasteiger partial charge in [0, 0.05) is 25.9 Å². The molecule has 0 bridgehead atoms. The Morgan fingerprint density at radius 1 is 1.14 bits per heavy atom. The van der Waals surface area contributed by atoms with Crippen molar-refractivity contribution in [2.75, 3.05) is 13.1 Å². The van der Waals surface area contributed by atoms with Crippen molar-refractivity contribution in [1.29, 1.82) is 0 Å². The number of aryl methyl sites for hydroxylation is 1. The Balaban J connectivity index is 2.27. The highest BCUT2D eigenvalue weighted by atomic mass is 16.3. The van der Waals surface area contributed by atoms with E-state index < -0.39 is 6.10 Å². The van der Waals surface area contributed by atoms with Crippen molar-refractivity contribution in [3.8, 4) is 0 Å². The summed E-state index contributed by atoms with van der Waals surface area (Å²) in [7, 11) is 0. The maximum absolute atomic E-state index is 11.6. The number of carbonyl (C=O) groups is 2. The van der Waals surface area contributed by atoms with Crippen molar-refractivity contribution in [2.24, 2.45) is 0 Å². The molecule has 1 aromatic rings. The minimum atomic E-state index is -0.710. The maximum Gasteiger partial charge on any atom is 0.220 e. The number of hydrogen-bond donors (Lipinski definition) is 3. The fraction of sp³-hybridized carbons (Fsp3) is 0.500. The van der Waals surface area contributed by atoms with Crippen LogP contribution in [0.1, 0.15) is 43.4 Å². The molecule has 0 aliphatic carbocycles. The summed E-state index contributed by atoms with van der Waals surface area (Å²) < 4.78 is 0. The fourth-order valence-corrected chi connectivity index (χ4v) is 2.06. The number of rotatable bonds is 8. The summed E-state index contributed by atoms with van der Waals surface area (Å²) in [5.41, 5.74) is 1.82. The molecule has 116 valence electrons. The van der Waals surface area contributed by atoms with E-state index in [0.717, 1.165) is 11.1 Å². The van der Waals surface area contributed by atoms with Gasteiger partial charge in [-0.15, -0.1) is 0 Å². The molecule has 0 aliphatic heterocycles. The van der Waals surface area contributed by atoms with Crippen molar-refractivity contribution in [2.45, 2.75) is 39.2 Å². The number of benzene rings is 1. The van der Waals surface area contributed by atoms with E-state index in [1.165, 1.54) is 0 Å². The van der Waals surface area contributed by atoms with Gasteiger partial charge in [0.05, 0.1) is 6.10 Å². The Morgan fingerprint density at radius 2 is 1.76 bits per heavy atom. The fourth-order valence-electron chi connectivity index (χ4n) is 2.06. The third-order valence-electron chi connectivity index (χ3n) is 3.22. The van der Waals surface area contributed by atoms with Crippen molar-refractivity contribution in [3.05, 3.63) is 35.4 Å². The number of nitrogens with one attached hydrogen (secondary N) is 2. The van der Waals surface area contributed by atoms with E-state index in [4.69, 9.17) is 0 Å². The standard InChI is InChI=1S/C16H24N2O3/c1-3-17-15(20)9-6-10-16(21)18-11-14(19)13-8-5-4-7-12(13)2/h4-5,7-8,14,19H,3,6,9-11H2,1-2H3,(H,17,20)(H,18,21). The summed E-state index contributed by atoms with van der Waals surface area (Å²) in [6, 6.07) is 7.54. The van der Waals surface area contributed by atoms with Gasteiger partial charge in [-0.25, -0.2) is 0 Å². The third-order valence-corrected chi connectivity index (χ3v) is 3.22. The van der Waals surface area contributed by atoms with Crippen LogP contribution >= 0.6 is 0 Å². The summed E-state index contributed by atoms with van der Waals surface area (Å²) >= 11 is 0. The molecule has 0 radical (unpaired) electrons. The molecular weight excluding hydrogens is 268 g/mol. The van der Waals surface area contributed by atoms with E-state index in [0.29, 0.717) is 19.4 Å². The van der Waals surface area contributed by atoms with Gasteiger partial charge in [-0.05, 0) is 31.4 Å². The Hall–Kier alpha value is -1.88. The SMILES string of the molecule is CCNC(=O)CCCC(=O)NCC(O)c1ccccc1C. The molecule has 5 heteroatoms. The van der Waals surface area contributed by atoms with Gasteiger partial charge < -0.3 is 15.7 Å². The second-order valence-corrected chi connectivity index (χ2v) is 4.98. The lowest BCUT2D eigenvalue weighted by Gasteiger charge is -2.14. The van der Waals surface area contributed by atoms with E-state index in [-0.39, 0.29) is 24.8 Å². The van der Waals surface area contributed by atoms with Crippen LogP contribution < -0.4 is 10.6 Å². The zero-order chi connectivity index (χ0) is 15.7. The van der Waals surface area contributed by atoms with Crippen LogP contribution in [-0.4, -0.2) is 30.0 Å². The van der Waals surface area contributed by atoms with Crippen LogP contribution in [0.25, 0.3) is 0 Å². The smallest absolute Gasteiger partial charge is 0.220 e. The number of hydrogen-bond acceptors (Lipinski definition) is 3. The van der Waals surface area contributed by atoms with Crippen LogP contribution in [0.5, 0.6) is 0 Å². The zero-order valence-corrected chi connectivity index (χ0v) is 12.7. The van der Waals surface area contributed by atoms with Gasteiger partial charge in [-0.1, -0.05) is 24.3 Å². The van der Waals surface area contributed by atoms with Gasteiger partial charge in [0.25, 0.3) is 0 Å². The molecule has 1 atom stereocenters. The number of amides is 2. The first kappa shape index (κ1) is 17.2. The first-order valence-corrected chi connectivity index (χ1v) is 7.31. The molecule has 1 aromatic carbocycles. The summed E-state index contributed by atoms with van der Waals surface area (Å²) in [5.74, 6) is -0.183. The van der Waals surface area contributed by atoms with E-state index >= 15 is 0 Å². The highest BCUT2D eigenvalue weighted by molar-refractivity contribution is 5.78. The number of carbonyl (C=O) groups excluding carboxylic acids is 2. The minimum absolute atomic E-state index is 0.0368. The van der Waals surface area contributed by atoms with Gasteiger partial charge in [-0.2, -0.15) is 0 Å². The predicted molar refractivity (Wildman–Crippen MR) is 81.7 cm³/mol. The van der Waals surface area contributed by atoms with Crippen LogP contribution in [0.15, 0.2) is 24.3 Å². The van der Waals surface area contributed by atoms with Crippen molar-refractivity contribution >= 4 is 11.8 Å². The lowest BCUT2D eigenvalue weighted by Crippen LogP contribution is -2.29. The molecule has 0 aliphatic rings. The van der Waals surface area contributed by atoms with Crippen LogP contribution in [0, 0.1) is 6.92 Å². The molecule has 1 unspecified atom stereocenters. The van der Waals surface area contributed by atoms with E-state index in [1.54, 1.807) is 0 Å². The molecule has 0 aromatic heterocycles.